The molecule has 0 saturated carbocycles. The van der Waals surface area contributed by atoms with Crippen molar-refractivity contribution in [3.8, 4) is 0 Å². The van der Waals surface area contributed by atoms with Gasteiger partial charge in [0.25, 0.3) is 0 Å². The molecule has 0 aromatic carbocycles. The van der Waals surface area contributed by atoms with E-state index < -0.39 is 0 Å². The predicted octanol–water partition coefficient (Wildman–Crippen LogP) is 0.937. The van der Waals surface area contributed by atoms with E-state index in [1.165, 1.54) is 6.21 Å². The van der Waals surface area contributed by atoms with E-state index in [1.807, 2.05) is 36.1 Å². The molecule has 1 rings (SSSR count). The van der Waals surface area contributed by atoms with Crippen molar-refractivity contribution in [1.29, 1.82) is 0 Å². The van der Waals surface area contributed by atoms with Crippen LogP contribution in [0.3, 0.4) is 0 Å². The maximum absolute atomic E-state index is 8.15. The standard InChI is InChI=1S/C7H8N2O.HI/c1-9-4-2-7(3-5-9)6-8-10;/h2-6H,1H3;1H/p+1. The molecule has 0 aliphatic heterocycles. The highest BCUT2D eigenvalue weighted by Crippen LogP contribution is 1.88. The van der Waals surface area contributed by atoms with Crippen LogP contribution in [0.15, 0.2) is 29.7 Å². The minimum Gasteiger partial charge on any atom is -0.411 e. The lowest BCUT2D eigenvalue weighted by molar-refractivity contribution is -0.671. The summed E-state index contributed by atoms with van der Waals surface area (Å²) in [6, 6.07) is 3.72. The van der Waals surface area contributed by atoms with Gasteiger partial charge in [0.1, 0.15) is 7.05 Å². The van der Waals surface area contributed by atoms with Crippen molar-refractivity contribution in [2.24, 2.45) is 12.2 Å². The number of halogens is 1. The summed E-state index contributed by atoms with van der Waals surface area (Å²) in [6.07, 6.45) is 5.16. The van der Waals surface area contributed by atoms with Crippen LogP contribution >= 0.6 is 24.0 Å². The summed E-state index contributed by atoms with van der Waals surface area (Å²) in [5.41, 5.74) is 0.889. The number of rotatable bonds is 1. The first-order valence-electron chi connectivity index (χ1n) is 2.95. The normalized spacial score (nSPS) is 9.55. The number of hydrogen-bond donors (Lipinski definition) is 1. The highest BCUT2D eigenvalue weighted by Gasteiger charge is 1.90. The van der Waals surface area contributed by atoms with Gasteiger partial charge in [-0.1, -0.05) is 5.16 Å². The van der Waals surface area contributed by atoms with Gasteiger partial charge in [-0.3, -0.25) is 0 Å². The van der Waals surface area contributed by atoms with Gasteiger partial charge < -0.3 is 5.21 Å². The highest BCUT2D eigenvalue weighted by atomic mass is 127. The largest absolute Gasteiger partial charge is 0.411 e. The van der Waals surface area contributed by atoms with Gasteiger partial charge in [0.15, 0.2) is 12.4 Å². The molecular weight excluding hydrogens is 255 g/mol. The molecule has 1 aromatic rings. The fourth-order valence-corrected chi connectivity index (χ4v) is 0.665. The summed E-state index contributed by atoms with van der Waals surface area (Å²) in [6.45, 7) is 0. The van der Waals surface area contributed by atoms with Crippen molar-refractivity contribution < 1.29 is 9.77 Å². The molecule has 0 aliphatic carbocycles. The zero-order valence-corrected chi connectivity index (χ0v) is 8.47. The molecule has 0 spiro atoms. The molecule has 0 bridgehead atoms. The summed E-state index contributed by atoms with van der Waals surface area (Å²) in [7, 11) is 1.93. The van der Waals surface area contributed by atoms with Crippen LogP contribution in [-0.2, 0) is 7.05 Å². The zero-order chi connectivity index (χ0) is 7.40. The Hall–Kier alpha value is -0.650. The molecule has 0 saturated heterocycles. The summed E-state index contributed by atoms with van der Waals surface area (Å²) < 4.78 is 1.91. The van der Waals surface area contributed by atoms with E-state index in [2.05, 4.69) is 5.16 Å². The number of aromatic nitrogens is 1. The lowest BCUT2D eigenvalue weighted by Gasteiger charge is -1.86. The SMILES string of the molecule is C[n+]1ccc(/C=N/O)cc1.I. The number of nitrogens with zero attached hydrogens (tertiary/aromatic N) is 2. The Kier molecular flexibility index (Phi) is 4.76. The molecule has 0 unspecified atom stereocenters. The molecule has 1 N–H and O–H groups in total. The highest BCUT2D eigenvalue weighted by molar-refractivity contribution is 14.0. The summed E-state index contributed by atoms with van der Waals surface area (Å²) in [5.74, 6) is 0. The fraction of sp³-hybridized carbons (Fsp3) is 0.143. The maximum Gasteiger partial charge on any atom is 0.169 e. The van der Waals surface area contributed by atoms with Gasteiger partial charge in [0.2, 0.25) is 0 Å². The third-order valence-corrected chi connectivity index (χ3v) is 1.21. The molecule has 0 radical (unpaired) electrons. The second-order valence-electron chi connectivity index (χ2n) is 2.04. The van der Waals surface area contributed by atoms with E-state index in [0.717, 1.165) is 5.56 Å². The molecule has 3 nitrogen and oxygen atoms in total. The third kappa shape index (κ3) is 3.31. The van der Waals surface area contributed by atoms with Crippen molar-refractivity contribution in [2.75, 3.05) is 0 Å². The number of hydrogen-bond acceptors (Lipinski definition) is 2. The van der Waals surface area contributed by atoms with Crippen LogP contribution in [0.5, 0.6) is 0 Å². The Labute approximate surface area is 82.4 Å². The maximum atomic E-state index is 8.15. The zero-order valence-electron chi connectivity index (χ0n) is 6.14. The second kappa shape index (κ2) is 5.06. The monoisotopic (exact) mass is 265 g/mol. The van der Waals surface area contributed by atoms with E-state index in [0.29, 0.717) is 0 Å². The van der Waals surface area contributed by atoms with Gasteiger partial charge in [-0.05, 0) is 0 Å². The summed E-state index contributed by atoms with van der Waals surface area (Å²) >= 11 is 0. The Morgan fingerprint density at radius 2 is 2.00 bits per heavy atom. The average Bonchev–Trinajstić information content (AvgIpc) is 1.95. The van der Waals surface area contributed by atoms with Gasteiger partial charge in [0.05, 0.1) is 6.21 Å². The minimum atomic E-state index is 0. The minimum absolute atomic E-state index is 0. The van der Waals surface area contributed by atoms with Crippen molar-refractivity contribution >= 4 is 30.2 Å². The van der Waals surface area contributed by atoms with Crippen molar-refractivity contribution in [2.45, 2.75) is 0 Å². The smallest absolute Gasteiger partial charge is 0.169 e. The molecule has 0 amide bonds. The van der Waals surface area contributed by atoms with Crippen LogP contribution in [-0.4, -0.2) is 11.4 Å². The lowest BCUT2D eigenvalue weighted by atomic mass is 10.3. The Balaban J connectivity index is 0.000001000. The fourth-order valence-electron chi connectivity index (χ4n) is 0.665. The Morgan fingerprint density at radius 3 is 2.45 bits per heavy atom. The quantitative estimate of drug-likeness (QED) is 0.265. The first-order chi connectivity index (χ1) is 4.83. The van der Waals surface area contributed by atoms with Gasteiger partial charge in [-0.25, -0.2) is 4.57 Å². The second-order valence-corrected chi connectivity index (χ2v) is 2.04. The van der Waals surface area contributed by atoms with E-state index >= 15 is 0 Å². The Bertz CT molecular complexity index is 233. The van der Waals surface area contributed by atoms with Crippen LogP contribution in [0.1, 0.15) is 5.56 Å². The predicted molar refractivity (Wildman–Crippen MR) is 52.4 cm³/mol. The van der Waals surface area contributed by atoms with Crippen LogP contribution in [0.25, 0.3) is 0 Å². The first kappa shape index (κ1) is 10.3. The lowest BCUT2D eigenvalue weighted by Crippen LogP contribution is -2.25. The molecule has 11 heavy (non-hydrogen) atoms. The third-order valence-electron chi connectivity index (χ3n) is 1.21. The molecule has 0 atom stereocenters. The molecule has 4 heteroatoms. The molecule has 0 fully saturated rings. The van der Waals surface area contributed by atoms with E-state index in [9.17, 15) is 0 Å². The molecule has 0 aliphatic rings. The molecule has 1 aromatic heterocycles. The van der Waals surface area contributed by atoms with Crippen LogP contribution in [0.2, 0.25) is 0 Å². The van der Waals surface area contributed by atoms with Gasteiger partial charge in [-0.15, -0.1) is 24.0 Å². The van der Waals surface area contributed by atoms with Crippen molar-refractivity contribution in [1.82, 2.24) is 0 Å². The van der Waals surface area contributed by atoms with Gasteiger partial charge in [0, 0.05) is 17.7 Å². The number of aryl methyl sites for hydroxylation is 1. The van der Waals surface area contributed by atoms with Crippen molar-refractivity contribution in [3.63, 3.8) is 0 Å². The molecule has 60 valence electrons. The Morgan fingerprint density at radius 1 is 1.45 bits per heavy atom. The summed E-state index contributed by atoms with van der Waals surface area (Å²) in [4.78, 5) is 0. The van der Waals surface area contributed by atoms with Gasteiger partial charge in [-0.2, -0.15) is 0 Å². The van der Waals surface area contributed by atoms with E-state index in [1.54, 1.807) is 0 Å². The topological polar surface area (TPSA) is 36.5 Å². The van der Waals surface area contributed by atoms with Crippen LogP contribution in [0, 0.1) is 0 Å². The molecular formula is C7H10IN2O+. The average molecular weight is 265 g/mol. The van der Waals surface area contributed by atoms with Crippen LogP contribution < -0.4 is 4.57 Å². The summed E-state index contributed by atoms with van der Waals surface area (Å²) in [5, 5.41) is 11.1. The van der Waals surface area contributed by atoms with E-state index in [-0.39, 0.29) is 24.0 Å². The van der Waals surface area contributed by atoms with E-state index in [4.69, 9.17) is 5.21 Å². The van der Waals surface area contributed by atoms with Crippen molar-refractivity contribution in [3.05, 3.63) is 30.1 Å². The van der Waals surface area contributed by atoms with Crippen LogP contribution in [0.4, 0.5) is 0 Å². The number of oxime groups is 1. The molecule has 1 heterocycles. The van der Waals surface area contributed by atoms with Gasteiger partial charge >= 0.3 is 0 Å². The first-order valence-corrected chi connectivity index (χ1v) is 2.95. The number of pyridine rings is 1.